The molecule has 0 fully saturated rings. The van der Waals surface area contributed by atoms with Crippen LogP contribution in [0.25, 0.3) is 0 Å². The van der Waals surface area contributed by atoms with Crippen LogP contribution in [0.3, 0.4) is 0 Å². The summed E-state index contributed by atoms with van der Waals surface area (Å²) in [7, 11) is 1.40. The quantitative estimate of drug-likeness (QED) is 0.422. The number of rotatable bonds is 7. The second kappa shape index (κ2) is 8.84. The largest absolute Gasteiger partial charge is 0.493 e. The Kier molecular flexibility index (Phi) is 6.25. The van der Waals surface area contributed by atoms with Crippen molar-refractivity contribution in [2.24, 2.45) is 0 Å². The number of nitro groups is 1. The van der Waals surface area contributed by atoms with Crippen molar-refractivity contribution < 1.29 is 19.2 Å². The van der Waals surface area contributed by atoms with Crippen LogP contribution in [0, 0.1) is 10.1 Å². The fraction of sp³-hybridized carbons (Fsp3) is 0.167. The van der Waals surface area contributed by atoms with Gasteiger partial charge in [-0.15, -0.1) is 10.2 Å². The maximum Gasteiger partial charge on any atom is 0.313 e. The Morgan fingerprint density at radius 1 is 1.21 bits per heavy atom. The molecule has 3 aromatic rings. The molecule has 3 rings (SSSR count). The van der Waals surface area contributed by atoms with E-state index in [-0.39, 0.29) is 28.0 Å². The molecule has 0 radical (unpaired) electrons. The monoisotopic (exact) mass is 434 g/mol. The zero-order valence-corrected chi connectivity index (χ0v) is 16.9. The summed E-state index contributed by atoms with van der Waals surface area (Å²) < 4.78 is 10.9. The molecular formula is C18H15ClN4O5S. The Labute approximate surface area is 174 Å². The first-order valence-electron chi connectivity index (χ1n) is 8.34. The Morgan fingerprint density at radius 2 is 1.97 bits per heavy atom. The van der Waals surface area contributed by atoms with Crippen LogP contribution in [0.15, 0.2) is 36.4 Å². The first-order chi connectivity index (χ1) is 13.9. The second-order valence-corrected chi connectivity index (χ2v) is 7.14. The Morgan fingerprint density at radius 3 is 2.62 bits per heavy atom. The number of carbonyl (C=O) groups excluding carboxylic acids is 1. The zero-order valence-electron chi connectivity index (χ0n) is 15.3. The first kappa shape index (κ1) is 20.5. The number of nitrogens with zero attached hydrogens (tertiary/aromatic N) is 3. The lowest BCUT2D eigenvalue weighted by Gasteiger charge is -2.12. The third-order valence-electron chi connectivity index (χ3n) is 3.75. The van der Waals surface area contributed by atoms with E-state index in [4.69, 9.17) is 21.1 Å². The molecule has 0 aliphatic rings. The van der Waals surface area contributed by atoms with Gasteiger partial charge < -0.3 is 9.47 Å². The summed E-state index contributed by atoms with van der Waals surface area (Å²) in [5.41, 5.74) is 0.0115. The molecule has 0 aliphatic heterocycles. The molecule has 9 nitrogen and oxygen atoms in total. The lowest BCUT2D eigenvalue weighted by Crippen LogP contribution is -2.12. The molecule has 150 valence electrons. The van der Waals surface area contributed by atoms with Crippen molar-refractivity contribution in [2.75, 3.05) is 12.4 Å². The van der Waals surface area contributed by atoms with Gasteiger partial charge in [0.05, 0.1) is 12.0 Å². The number of carbonyl (C=O) groups is 1. The van der Waals surface area contributed by atoms with Gasteiger partial charge in [0.2, 0.25) is 10.9 Å². The highest BCUT2D eigenvalue weighted by molar-refractivity contribution is 7.15. The molecule has 0 spiro atoms. The summed E-state index contributed by atoms with van der Waals surface area (Å²) >= 11 is 7.11. The van der Waals surface area contributed by atoms with Crippen LogP contribution in [0.2, 0.25) is 5.02 Å². The van der Waals surface area contributed by atoms with Crippen LogP contribution in [0.5, 0.6) is 17.2 Å². The molecule has 11 heteroatoms. The number of hydrogen-bond acceptors (Lipinski definition) is 8. The number of nitrogens with one attached hydrogen (secondary N) is 1. The number of anilines is 1. The van der Waals surface area contributed by atoms with Gasteiger partial charge in [0.25, 0.3) is 5.91 Å². The van der Waals surface area contributed by atoms with Gasteiger partial charge in [-0.3, -0.25) is 20.2 Å². The lowest BCUT2D eigenvalue weighted by molar-refractivity contribution is -0.385. The molecule has 1 aromatic heterocycles. The highest BCUT2D eigenvalue weighted by Gasteiger charge is 2.19. The van der Waals surface area contributed by atoms with Gasteiger partial charge in [0, 0.05) is 16.7 Å². The van der Waals surface area contributed by atoms with Crippen molar-refractivity contribution in [1.29, 1.82) is 0 Å². The molecule has 0 unspecified atom stereocenters. The fourth-order valence-electron chi connectivity index (χ4n) is 2.35. The molecule has 1 N–H and O–H groups in total. The minimum atomic E-state index is -0.595. The topological polar surface area (TPSA) is 116 Å². The lowest BCUT2D eigenvalue weighted by atomic mass is 10.2. The molecule has 29 heavy (non-hydrogen) atoms. The second-order valence-electron chi connectivity index (χ2n) is 5.65. The number of nitro benzene ring substituents is 1. The van der Waals surface area contributed by atoms with Crippen molar-refractivity contribution in [3.8, 4) is 17.2 Å². The normalized spacial score (nSPS) is 10.4. The molecule has 0 saturated carbocycles. The summed E-state index contributed by atoms with van der Waals surface area (Å²) in [5, 5.41) is 23.2. The third kappa shape index (κ3) is 4.79. The molecule has 1 amide bonds. The number of ether oxygens (including phenoxy) is 2. The van der Waals surface area contributed by atoms with Crippen molar-refractivity contribution in [1.82, 2.24) is 10.2 Å². The molecule has 2 aromatic carbocycles. The van der Waals surface area contributed by atoms with E-state index in [1.54, 1.807) is 0 Å². The van der Waals surface area contributed by atoms with E-state index in [1.807, 2.05) is 6.92 Å². The van der Waals surface area contributed by atoms with Gasteiger partial charge in [0.1, 0.15) is 5.01 Å². The van der Waals surface area contributed by atoms with Gasteiger partial charge in [-0.1, -0.05) is 29.9 Å². The number of hydrogen-bond donors (Lipinski definition) is 1. The summed E-state index contributed by atoms with van der Waals surface area (Å²) in [4.78, 5) is 23.1. The summed E-state index contributed by atoms with van der Waals surface area (Å²) in [6.45, 7) is 1.95. The maximum absolute atomic E-state index is 12.5. The van der Waals surface area contributed by atoms with Crippen LogP contribution in [0.4, 0.5) is 10.8 Å². The van der Waals surface area contributed by atoms with E-state index in [0.717, 1.165) is 11.4 Å². The molecule has 1 heterocycles. The van der Waals surface area contributed by atoms with Crippen molar-refractivity contribution >= 4 is 39.7 Å². The minimum absolute atomic E-state index is 0.00384. The first-order valence-corrected chi connectivity index (χ1v) is 9.54. The van der Waals surface area contributed by atoms with E-state index >= 15 is 0 Å². The molecule has 0 bridgehead atoms. The molecule has 0 atom stereocenters. The van der Waals surface area contributed by atoms with Gasteiger partial charge in [0.15, 0.2) is 11.5 Å². The highest BCUT2D eigenvalue weighted by Crippen LogP contribution is 2.38. The maximum atomic E-state index is 12.5. The Bertz CT molecular complexity index is 1070. The zero-order chi connectivity index (χ0) is 21.0. The van der Waals surface area contributed by atoms with Gasteiger partial charge in [-0.25, -0.2) is 0 Å². The van der Waals surface area contributed by atoms with Crippen LogP contribution in [0.1, 0.15) is 22.3 Å². The van der Waals surface area contributed by atoms with E-state index < -0.39 is 10.8 Å². The van der Waals surface area contributed by atoms with Crippen LogP contribution >= 0.6 is 22.9 Å². The summed E-state index contributed by atoms with van der Waals surface area (Å²) in [6, 6.07) is 8.53. The van der Waals surface area contributed by atoms with Gasteiger partial charge in [-0.05, 0) is 36.8 Å². The van der Waals surface area contributed by atoms with Crippen LogP contribution in [-0.4, -0.2) is 28.1 Å². The average Bonchev–Trinajstić information content (AvgIpc) is 3.16. The Balaban J connectivity index is 1.84. The standard InChI is InChI=1S/C18H15ClN4O5S/c1-3-16-21-22-18(29-16)20-17(24)10-4-6-14(15(8-10)27-2)28-13-7-5-11(19)9-12(13)23(25)26/h4-9H,3H2,1-2H3,(H,20,22,24). The van der Waals surface area contributed by atoms with E-state index in [9.17, 15) is 14.9 Å². The molecule has 0 saturated heterocycles. The van der Waals surface area contributed by atoms with Crippen molar-refractivity contribution in [2.45, 2.75) is 13.3 Å². The van der Waals surface area contributed by atoms with Crippen LogP contribution < -0.4 is 14.8 Å². The molecule has 0 aliphatic carbocycles. The van der Waals surface area contributed by atoms with E-state index in [0.29, 0.717) is 10.7 Å². The van der Waals surface area contributed by atoms with Crippen molar-refractivity contribution in [3.05, 3.63) is 62.1 Å². The summed E-state index contributed by atoms with van der Waals surface area (Å²) in [6.07, 6.45) is 0.726. The summed E-state index contributed by atoms with van der Waals surface area (Å²) in [5.74, 6) is 0.0362. The SMILES string of the molecule is CCc1nnc(NC(=O)c2ccc(Oc3ccc(Cl)cc3[N+](=O)[O-])c(OC)c2)s1. The van der Waals surface area contributed by atoms with E-state index in [2.05, 4.69) is 15.5 Å². The number of benzene rings is 2. The number of aryl methyl sites for hydroxylation is 1. The number of aromatic nitrogens is 2. The average molecular weight is 435 g/mol. The van der Waals surface area contributed by atoms with Gasteiger partial charge in [-0.2, -0.15) is 0 Å². The minimum Gasteiger partial charge on any atom is -0.493 e. The van der Waals surface area contributed by atoms with Crippen molar-refractivity contribution in [3.63, 3.8) is 0 Å². The number of amides is 1. The smallest absolute Gasteiger partial charge is 0.313 e. The number of halogens is 1. The fourth-order valence-corrected chi connectivity index (χ4v) is 3.19. The van der Waals surface area contributed by atoms with Gasteiger partial charge >= 0.3 is 5.69 Å². The highest BCUT2D eigenvalue weighted by atomic mass is 35.5. The molecular weight excluding hydrogens is 420 g/mol. The Hall–Kier alpha value is -3.24. The number of methoxy groups -OCH3 is 1. The third-order valence-corrected chi connectivity index (χ3v) is 4.97. The van der Waals surface area contributed by atoms with E-state index in [1.165, 1.54) is 54.8 Å². The predicted octanol–water partition coefficient (Wildman–Crippen LogP) is 4.72. The van der Waals surface area contributed by atoms with Crippen LogP contribution in [-0.2, 0) is 6.42 Å². The predicted molar refractivity (Wildman–Crippen MR) is 108 cm³/mol.